The van der Waals surface area contributed by atoms with Crippen LogP contribution in [0.25, 0.3) is 0 Å². The van der Waals surface area contributed by atoms with E-state index in [4.69, 9.17) is 0 Å². The fourth-order valence-corrected chi connectivity index (χ4v) is 1.89. The van der Waals surface area contributed by atoms with E-state index in [1.807, 2.05) is 13.8 Å². The summed E-state index contributed by atoms with van der Waals surface area (Å²) in [7, 11) is 0. The monoisotopic (exact) mass is 219 g/mol. The van der Waals surface area contributed by atoms with E-state index < -0.39 is 0 Å². The molecule has 0 spiro atoms. The number of nitrogens with zero attached hydrogens (tertiary/aromatic N) is 1. The second-order valence-electron chi connectivity index (χ2n) is 4.34. The molecule has 1 unspecified atom stereocenters. The van der Waals surface area contributed by atoms with Crippen LogP contribution in [0.1, 0.15) is 30.5 Å². The van der Waals surface area contributed by atoms with Crippen LogP contribution in [0.15, 0.2) is 12.2 Å². The van der Waals surface area contributed by atoms with Gasteiger partial charge in [-0.3, -0.25) is 9.89 Å². The summed E-state index contributed by atoms with van der Waals surface area (Å²) in [6.45, 7) is 3.89. The molecule has 0 fully saturated rings. The summed E-state index contributed by atoms with van der Waals surface area (Å²) in [5.74, 6) is 1.11. The molecule has 1 heterocycles. The van der Waals surface area contributed by atoms with Crippen LogP contribution in [0.3, 0.4) is 0 Å². The Morgan fingerprint density at radius 1 is 1.62 bits per heavy atom. The van der Waals surface area contributed by atoms with Crippen molar-refractivity contribution in [3.05, 3.63) is 23.4 Å². The van der Waals surface area contributed by atoms with Gasteiger partial charge in [0.25, 0.3) is 0 Å². The van der Waals surface area contributed by atoms with Crippen LogP contribution in [0.5, 0.6) is 0 Å². The lowest BCUT2D eigenvalue weighted by atomic mass is 10.1. The van der Waals surface area contributed by atoms with E-state index in [1.54, 1.807) is 0 Å². The van der Waals surface area contributed by atoms with E-state index in [-0.39, 0.29) is 5.91 Å². The summed E-state index contributed by atoms with van der Waals surface area (Å²) >= 11 is 0. The molecule has 16 heavy (non-hydrogen) atoms. The number of hydrogen-bond acceptors (Lipinski definition) is 2. The zero-order valence-electron chi connectivity index (χ0n) is 9.71. The molecule has 0 saturated heterocycles. The molecule has 0 aliphatic heterocycles. The van der Waals surface area contributed by atoms with Crippen LogP contribution in [0.2, 0.25) is 0 Å². The molecule has 0 bridgehead atoms. The Hall–Kier alpha value is -1.58. The highest BCUT2D eigenvalue weighted by atomic mass is 16.1. The Kier molecular flexibility index (Phi) is 3.08. The number of rotatable bonds is 3. The Bertz CT molecular complexity index is 420. The van der Waals surface area contributed by atoms with Gasteiger partial charge in [0, 0.05) is 17.7 Å². The molecule has 1 atom stereocenters. The average Bonchev–Trinajstić information content (AvgIpc) is 2.83. The molecule has 1 aliphatic carbocycles. The summed E-state index contributed by atoms with van der Waals surface area (Å²) in [6, 6.07) is 0. The molecule has 2 rings (SSSR count). The van der Waals surface area contributed by atoms with E-state index in [2.05, 4.69) is 27.7 Å². The van der Waals surface area contributed by atoms with Crippen molar-refractivity contribution in [2.75, 3.05) is 5.32 Å². The molecular formula is C12H17N3O. The van der Waals surface area contributed by atoms with Gasteiger partial charge in [-0.1, -0.05) is 12.2 Å². The largest absolute Gasteiger partial charge is 0.309 e. The first-order valence-corrected chi connectivity index (χ1v) is 5.65. The molecule has 1 aromatic rings. The number of amides is 1. The molecule has 4 heteroatoms. The molecule has 86 valence electrons. The van der Waals surface area contributed by atoms with Gasteiger partial charge in [0.05, 0.1) is 0 Å². The summed E-state index contributed by atoms with van der Waals surface area (Å²) in [6.07, 6.45) is 7.01. The van der Waals surface area contributed by atoms with E-state index in [0.29, 0.717) is 18.2 Å². The van der Waals surface area contributed by atoms with Crippen molar-refractivity contribution < 1.29 is 4.79 Å². The quantitative estimate of drug-likeness (QED) is 0.766. The van der Waals surface area contributed by atoms with Crippen LogP contribution in [-0.2, 0) is 4.79 Å². The molecular weight excluding hydrogens is 202 g/mol. The van der Waals surface area contributed by atoms with Crippen molar-refractivity contribution in [3.8, 4) is 0 Å². The normalized spacial score (nSPS) is 19.0. The maximum Gasteiger partial charge on any atom is 0.226 e. The van der Waals surface area contributed by atoms with E-state index in [1.165, 1.54) is 0 Å². The van der Waals surface area contributed by atoms with Crippen molar-refractivity contribution in [2.24, 2.45) is 5.92 Å². The Morgan fingerprint density at radius 2 is 2.44 bits per heavy atom. The van der Waals surface area contributed by atoms with Crippen LogP contribution < -0.4 is 5.32 Å². The number of H-pyrrole nitrogens is 1. The van der Waals surface area contributed by atoms with Crippen LogP contribution in [-0.4, -0.2) is 16.1 Å². The number of allylic oxidation sites excluding steroid dienone is 2. The van der Waals surface area contributed by atoms with Crippen molar-refractivity contribution in [1.82, 2.24) is 10.2 Å². The standard InChI is InChI=1S/C12H17N3O/c1-8-9(2)14-15-12(8)13-11(16)7-10-5-3-4-6-10/h3,5,10H,4,6-7H2,1-2H3,(H2,13,14,15,16). The van der Waals surface area contributed by atoms with Gasteiger partial charge in [0.1, 0.15) is 0 Å². The first-order chi connectivity index (χ1) is 7.66. The van der Waals surface area contributed by atoms with Gasteiger partial charge in [-0.15, -0.1) is 0 Å². The van der Waals surface area contributed by atoms with Crippen molar-refractivity contribution in [3.63, 3.8) is 0 Å². The van der Waals surface area contributed by atoms with Gasteiger partial charge in [-0.05, 0) is 32.6 Å². The Labute approximate surface area is 95.1 Å². The Morgan fingerprint density at radius 3 is 3.00 bits per heavy atom. The zero-order valence-corrected chi connectivity index (χ0v) is 9.71. The van der Waals surface area contributed by atoms with Gasteiger partial charge < -0.3 is 5.32 Å². The lowest BCUT2D eigenvalue weighted by molar-refractivity contribution is -0.116. The summed E-state index contributed by atoms with van der Waals surface area (Å²) in [5.41, 5.74) is 2.01. The highest BCUT2D eigenvalue weighted by molar-refractivity contribution is 5.90. The van der Waals surface area contributed by atoms with Gasteiger partial charge in [0.15, 0.2) is 5.82 Å². The van der Waals surface area contributed by atoms with Crippen LogP contribution in [0.4, 0.5) is 5.82 Å². The molecule has 0 saturated carbocycles. The molecule has 4 nitrogen and oxygen atoms in total. The summed E-state index contributed by atoms with van der Waals surface area (Å²) in [5, 5.41) is 9.75. The van der Waals surface area contributed by atoms with E-state index in [0.717, 1.165) is 24.1 Å². The van der Waals surface area contributed by atoms with Crippen molar-refractivity contribution >= 4 is 11.7 Å². The highest BCUT2D eigenvalue weighted by Crippen LogP contribution is 2.21. The third kappa shape index (κ3) is 2.32. The lowest BCUT2D eigenvalue weighted by Crippen LogP contribution is -2.15. The maximum atomic E-state index is 11.7. The number of aromatic amines is 1. The molecule has 1 aliphatic rings. The number of anilines is 1. The van der Waals surface area contributed by atoms with Crippen LogP contribution in [0, 0.1) is 19.8 Å². The minimum atomic E-state index is 0.0474. The van der Waals surface area contributed by atoms with E-state index in [9.17, 15) is 4.79 Å². The third-order valence-corrected chi connectivity index (χ3v) is 3.07. The molecule has 1 amide bonds. The third-order valence-electron chi connectivity index (χ3n) is 3.07. The average molecular weight is 219 g/mol. The molecule has 0 radical (unpaired) electrons. The SMILES string of the molecule is Cc1[nH]nc(NC(=O)CC2C=CCC2)c1C. The number of carbonyl (C=O) groups excluding carboxylic acids is 1. The molecule has 0 aromatic carbocycles. The van der Waals surface area contributed by atoms with Crippen molar-refractivity contribution in [2.45, 2.75) is 33.1 Å². The second kappa shape index (κ2) is 4.51. The van der Waals surface area contributed by atoms with Gasteiger partial charge >= 0.3 is 0 Å². The number of aryl methyl sites for hydroxylation is 1. The lowest BCUT2D eigenvalue weighted by Gasteiger charge is -2.07. The van der Waals surface area contributed by atoms with Crippen molar-refractivity contribution in [1.29, 1.82) is 0 Å². The van der Waals surface area contributed by atoms with Crippen LogP contribution >= 0.6 is 0 Å². The second-order valence-corrected chi connectivity index (χ2v) is 4.34. The number of carbonyl (C=O) groups is 1. The number of aromatic nitrogens is 2. The van der Waals surface area contributed by atoms with Gasteiger partial charge in [0.2, 0.25) is 5.91 Å². The van der Waals surface area contributed by atoms with Gasteiger partial charge in [-0.25, -0.2) is 0 Å². The minimum absolute atomic E-state index is 0.0474. The summed E-state index contributed by atoms with van der Waals surface area (Å²) < 4.78 is 0. The predicted molar refractivity (Wildman–Crippen MR) is 63.2 cm³/mol. The topological polar surface area (TPSA) is 57.8 Å². The maximum absolute atomic E-state index is 11.7. The zero-order chi connectivity index (χ0) is 11.5. The fraction of sp³-hybridized carbons (Fsp3) is 0.500. The number of nitrogens with one attached hydrogen (secondary N) is 2. The number of hydrogen-bond donors (Lipinski definition) is 2. The first-order valence-electron chi connectivity index (χ1n) is 5.65. The highest BCUT2D eigenvalue weighted by Gasteiger charge is 2.15. The fourth-order valence-electron chi connectivity index (χ4n) is 1.89. The molecule has 1 aromatic heterocycles. The van der Waals surface area contributed by atoms with E-state index >= 15 is 0 Å². The smallest absolute Gasteiger partial charge is 0.226 e. The summed E-state index contributed by atoms with van der Waals surface area (Å²) in [4.78, 5) is 11.7. The first kappa shape index (κ1) is 10.9. The Balaban J connectivity index is 1.92. The predicted octanol–water partition coefficient (Wildman–Crippen LogP) is 2.32. The molecule has 2 N–H and O–H groups in total. The minimum Gasteiger partial charge on any atom is -0.309 e. The van der Waals surface area contributed by atoms with Gasteiger partial charge in [-0.2, -0.15) is 5.10 Å².